The van der Waals surface area contributed by atoms with Gasteiger partial charge in [-0.25, -0.2) is 0 Å². The molecule has 0 spiro atoms. The summed E-state index contributed by atoms with van der Waals surface area (Å²) in [6.45, 7) is 2.98. The number of rotatable bonds is 6. The predicted molar refractivity (Wildman–Crippen MR) is 78.3 cm³/mol. The molecule has 2 aromatic rings. The maximum atomic E-state index is 10.7. The third-order valence-corrected chi connectivity index (χ3v) is 2.86. The van der Waals surface area contributed by atoms with E-state index in [-0.39, 0.29) is 5.69 Å². The second-order valence-electron chi connectivity index (χ2n) is 4.34. The molecule has 0 bridgehead atoms. The van der Waals surface area contributed by atoms with E-state index in [1.165, 1.54) is 12.1 Å². The largest absolute Gasteiger partial charge is 0.492 e. The van der Waals surface area contributed by atoms with Crippen molar-refractivity contribution in [2.45, 2.75) is 6.92 Å². The van der Waals surface area contributed by atoms with Crippen molar-refractivity contribution in [1.29, 1.82) is 0 Å². The van der Waals surface area contributed by atoms with Crippen molar-refractivity contribution in [3.05, 3.63) is 64.2 Å². The van der Waals surface area contributed by atoms with Gasteiger partial charge in [-0.2, -0.15) is 0 Å². The van der Waals surface area contributed by atoms with Gasteiger partial charge in [0, 0.05) is 24.4 Å². The van der Waals surface area contributed by atoms with Gasteiger partial charge in [-0.1, -0.05) is 24.3 Å². The molecule has 5 heteroatoms. The van der Waals surface area contributed by atoms with Crippen LogP contribution in [-0.4, -0.2) is 18.1 Å². The summed E-state index contributed by atoms with van der Waals surface area (Å²) in [5.41, 5.74) is 1.81. The first-order chi connectivity index (χ1) is 9.66. The van der Waals surface area contributed by atoms with Crippen LogP contribution < -0.4 is 10.1 Å². The van der Waals surface area contributed by atoms with Gasteiger partial charge in [0.15, 0.2) is 0 Å². The van der Waals surface area contributed by atoms with Crippen molar-refractivity contribution in [1.82, 2.24) is 0 Å². The van der Waals surface area contributed by atoms with Crippen LogP contribution >= 0.6 is 0 Å². The van der Waals surface area contributed by atoms with Crippen LogP contribution in [0.1, 0.15) is 5.56 Å². The van der Waals surface area contributed by atoms with Crippen molar-refractivity contribution in [2.24, 2.45) is 0 Å². The minimum absolute atomic E-state index is 0.0853. The number of para-hydroxylation sites is 1. The Morgan fingerprint density at radius 3 is 2.65 bits per heavy atom. The molecule has 0 fully saturated rings. The highest BCUT2D eigenvalue weighted by molar-refractivity contribution is 5.56. The van der Waals surface area contributed by atoms with Gasteiger partial charge in [-0.15, -0.1) is 0 Å². The molecule has 0 aliphatic rings. The highest BCUT2D eigenvalue weighted by Gasteiger charge is 2.07. The molecule has 0 unspecified atom stereocenters. The summed E-state index contributed by atoms with van der Waals surface area (Å²) in [7, 11) is 0. The number of hydrogen-bond donors (Lipinski definition) is 1. The number of anilines is 1. The van der Waals surface area contributed by atoms with Gasteiger partial charge in [0.1, 0.15) is 12.4 Å². The Balaban J connectivity index is 1.88. The van der Waals surface area contributed by atoms with Gasteiger partial charge >= 0.3 is 0 Å². The van der Waals surface area contributed by atoms with Crippen LogP contribution in [0.25, 0.3) is 0 Å². The summed E-state index contributed by atoms with van der Waals surface area (Å²) >= 11 is 0. The number of non-ortho nitro benzene ring substituents is 1. The topological polar surface area (TPSA) is 64.4 Å². The fraction of sp³-hybridized carbons (Fsp3) is 0.200. The van der Waals surface area contributed by atoms with Gasteiger partial charge in [-0.05, 0) is 24.6 Å². The fourth-order valence-corrected chi connectivity index (χ4v) is 1.79. The number of nitro benzene ring substituents is 1. The average molecular weight is 272 g/mol. The maximum Gasteiger partial charge on any atom is 0.271 e. The zero-order valence-corrected chi connectivity index (χ0v) is 11.2. The van der Waals surface area contributed by atoms with Crippen molar-refractivity contribution in [3.8, 4) is 5.75 Å². The molecule has 2 rings (SSSR count). The molecule has 1 N–H and O–H groups in total. The molecular weight excluding hydrogens is 256 g/mol. The number of nitro groups is 1. The molecular formula is C15H16N2O3. The Hall–Kier alpha value is -2.56. The van der Waals surface area contributed by atoms with Crippen LogP contribution in [-0.2, 0) is 0 Å². The lowest BCUT2D eigenvalue weighted by atomic mass is 10.2. The lowest BCUT2D eigenvalue weighted by molar-refractivity contribution is -0.384. The summed E-state index contributed by atoms with van der Waals surface area (Å²) in [5.74, 6) is 0.810. The minimum atomic E-state index is -0.398. The number of hydrogen-bond acceptors (Lipinski definition) is 4. The highest BCUT2D eigenvalue weighted by Crippen LogP contribution is 2.21. The summed E-state index contributed by atoms with van der Waals surface area (Å²) in [6.07, 6.45) is 0. The zero-order valence-electron chi connectivity index (χ0n) is 11.2. The van der Waals surface area contributed by atoms with E-state index < -0.39 is 4.92 Å². The Kier molecular flexibility index (Phi) is 4.55. The van der Waals surface area contributed by atoms with E-state index in [1.807, 2.05) is 37.3 Å². The molecule has 0 aromatic heterocycles. The van der Waals surface area contributed by atoms with E-state index >= 15 is 0 Å². The first-order valence-corrected chi connectivity index (χ1v) is 6.33. The van der Waals surface area contributed by atoms with E-state index in [2.05, 4.69) is 5.32 Å². The normalized spacial score (nSPS) is 10.1. The Morgan fingerprint density at radius 2 is 1.95 bits per heavy atom. The first-order valence-electron chi connectivity index (χ1n) is 6.33. The van der Waals surface area contributed by atoms with E-state index in [0.29, 0.717) is 13.2 Å². The van der Waals surface area contributed by atoms with E-state index in [0.717, 1.165) is 17.0 Å². The number of ether oxygens (including phenoxy) is 1. The van der Waals surface area contributed by atoms with Crippen molar-refractivity contribution < 1.29 is 9.66 Å². The van der Waals surface area contributed by atoms with Gasteiger partial charge in [0.05, 0.1) is 4.92 Å². The van der Waals surface area contributed by atoms with Crippen LogP contribution in [0.4, 0.5) is 11.4 Å². The third-order valence-electron chi connectivity index (χ3n) is 2.86. The average Bonchev–Trinajstić information content (AvgIpc) is 2.46. The SMILES string of the molecule is Cc1ccc([N+](=O)[O-])cc1NCCOc1ccccc1. The first kappa shape index (κ1) is 13.9. The standard InChI is InChI=1S/C15H16N2O3/c1-12-7-8-13(17(18)19)11-15(12)16-9-10-20-14-5-3-2-4-6-14/h2-8,11,16H,9-10H2,1H3. The van der Waals surface area contributed by atoms with Crippen LogP contribution in [0.3, 0.4) is 0 Å². The van der Waals surface area contributed by atoms with Crippen molar-refractivity contribution in [2.75, 3.05) is 18.5 Å². The monoisotopic (exact) mass is 272 g/mol. The molecule has 0 saturated heterocycles. The van der Waals surface area contributed by atoms with Gasteiger partial charge in [0.2, 0.25) is 0 Å². The second kappa shape index (κ2) is 6.56. The van der Waals surface area contributed by atoms with Crippen LogP contribution in [0.5, 0.6) is 5.75 Å². The molecule has 5 nitrogen and oxygen atoms in total. The summed E-state index contributed by atoms with van der Waals surface area (Å²) in [6, 6.07) is 14.3. The Bertz CT molecular complexity index is 585. The quantitative estimate of drug-likeness (QED) is 0.497. The molecule has 0 atom stereocenters. The molecule has 0 amide bonds. The number of aryl methyl sites for hydroxylation is 1. The lowest BCUT2D eigenvalue weighted by Crippen LogP contribution is -2.12. The van der Waals surface area contributed by atoms with E-state index in [4.69, 9.17) is 4.74 Å². The Morgan fingerprint density at radius 1 is 1.20 bits per heavy atom. The smallest absolute Gasteiger partial charge is 0.271 e. The van der Waals surface area contributed by atoms with E-state index in [1.54, 1.807) is 6.07 Å². The summed E-state index contributed by atoms with van der Waals surface area (Å²) < 4.78 is 5.55. The molecule has 0 radical (unpaired) electrons. The zero-order chi connectivity index (χ0) is 14.4. The molecule has 0 aliphatic heterocycles. The summed E-state index contributed by atoms with van der Waals surface area (Å²) in [5, 5.41) is 13.9. The predicted octanol–water partition coefficient (Wildman–Crippen LogP) is 3.39. The van der Waals surface area contributed by atoms with E-state index in [9.17, 15) is 10.1 Å². The Labute approximate surface area is 117 Å². The fourth-order valence-electron chi connectivity index (χ4n) is 1.79. The molecule has 20 heavy (non-hydrogen) atoms. The molecule has 0 saturated carbocycles. The second-order valence-corrected chi connectivity index (χ2v) is 4.34. The van der Waals surface area contributed by atoms with Crippen LogP contribution in [0.2, 0.25) is 0 Å². The minimum Gasteiger partial charge on any atom is -0.492 e. The molecule has 104 valence electrons. The maximum absolute atomic E-state index is 10.7. The van der Waals surface area contributed by atoms with Crippen LogP contribution in [0, 0.1) is 17.0 Å². The highest BCUT2D eigenvalue weighted by atomic mass is 16.6. The number of nitrogens with one attached hydrogen (secondary N) is 1. The molecule has 2 aromatic carbocycles. The lowest BCUT2D eigenvalue weighted by Gasteiger charge is -2.10. The van der Waals surface area contributed by atoms with Gasteiger partial charge in [0.25, 0.3) is 5.69 Å². The van der Waals surface area contributed by atoms with Crippen molar-refractivity contribution in [3.63, 3.8) is 0 Å². The molecule has 0 heterocycles. The summed E-state index contributed by atoms with van der Waals surface area (Å²) in [4.78, 5) is 10.3. The van der Waals surface area contributed by atoms with Crippen LogP contribution in [0.15, 0.2) is 48.5 Å². The third kappa shape index (κ3) is 3.71. The molecule has 0 aliphatic carbocycles. The van der Waals surface area contributed by atoms with Gasteiger partial charge in [-0.3, -0.25) is 10.1 Å². The van der Waals surface area contributed by atoms with Crippen molar-refractivity contribution >= 4 is 11.4 Å². The number of nitrogens with zero attached hydrogens (tertiary/aromatic N) is 1. The number of benzene rings is 2. The van der Waals surface area contributed by atoms with Gasteiger partial charge < -0.3 is 10.1 Å².